The van der Waals surface area contributed by atoms with Gasteiger partial charge in [0.2, 0.25) is 5.91 Å². The predicted octanol–water partition coefficient (Wildman–Crippen LogP) is 9.32. The lowest BCUT2D eigenvalue weighted by Gasteiger charge is -2.36. The number of amides is 1. The number of ether oxygens (including phenoxy) is 1. The molecule has 0 aliphatic carbocycles. The van der Waals surface area contributed by atoms with Crippen molar-refractivity contribution >= 4 is 5.91 Å². The van der Waals surface area contributed by atoms with Crippen LogP contribution in [0.2, 0.25) is 0 Å². The summed E-state index contributed by atoms with van der Waals surface area (Å²) < 4.78 is 5.90. The molecule has 1 aromatic carbocycles. The minimum Gasteiger partial charge on any atom is -0.396 e. The molecule has 0 saturated carbocycles. The number of carbonyl (C=O) groups excluding carboxylic acids is 1. The summed E-state index contributed by atoms with van der Waals surface area (Å²) in [5.74, 6) is 0.381. The average molecular weight is 631 g/mol. The lowest BCUT2D eigenvalue weighted by molar-refractivity contribution is -0.134. The number of aliphatic hydroxyl groups is 1. The van der Waals surface area contributed by atoms with Crippen LogP contribution in [0, 0.1) is 5.92 Å². The average Bonchev–Trinajstić information content (AvgIpc) is 3.08. The molecule has 2 aliphatic rings. The molecular weight excluding hydrogens is 568 g/mol. The van der Waals surface area contributed by atoms with Crippen LogP contribution in [-0.4, -0.2) is 60.2 Å². The van der Waals surface area contributed by atoms with Crippen LogP contribution in [0.25, 0.3) is 0 Å². The number of rotatable bonds is 25. The number of allylic oxidation sites excluding steroid dienone is 5. The molecule has 46 heavy (non-hydrogen) atoms. The molecular formula is C41H62N2O3. The molecule has 2 heterocycles. The van der Waals surface area contributed by atoms with Gasteiger partial charge in [-0.3, -0.25) is 9.69 Å². The largest absolute Gasteiger partial charge is 0.396 e. The van der Waals surface area contributed by atoms with E-state index in [1.807, 2.05) is 18.2 Å². The Morgan fingerprint density at radius 3 is 2.41 bits per heavy atom. The maximum absolute atomic E-state index is 13.7. The maximum atomic E-state index is 13.7. The van der Waals surface area contributed by atoms with Gasteiger partial charge in [0.05, 0.1) is 6.61 Å². The Balaban J connectivity index is 1.67. The zero-order valence-electron chi connectivity index (χ0n) is 28.7. The van der Waals surface area contributed by atoms with Crippen molar-refractivity contribution in [1.29, 1.82) is 0 Å². The van der Waals surface area contributed by atoms with Crippen LogP contribution in [0.5, 0.6) is 0 Å². The van der Waals surface area contributed by atoms with E-state index < -0.39 is 0 Å². The zero-order chi connectivity index (χ0) is 32.7. The summed E-state index contributed by atoms with van der Waals surface area (Å²) in [4.78, 5) is 18.4. The van der Waals surface area contributed by atoms with Crippen LogP contribution in [0.4, 0.5) is 0 Å². The molecule has 0 aromatic heterocycles. The molecule has 0 bridgehead atoms. The molecule has 0 radical (unpaired) electrons. The molecule has 0 fully saturated rings. The van der Waals surface area contributed by atoms with Gasteiger partial charge >= 0.3 is 0 Å². The lowest BCUT2D eigenvalue weighted by atomic mass is 9.82. The summed E-state index contributed by atoms with van der Waals surface area (Å²) in [5, 5.41) is 9.14. The van der Waals surface area contributed by atoms with Gasteiger partial charge in [0, 0.05) is 45.0 Å². The molecule has 254 valence electrons. The Bertz CT molecular complexity index is 1110. The van der Waals surface area contributed by atoms with Crippen molar-refractivity contribution in [3.05, 3.63) is 96.3 Å². The summed E-state index contributed by atoms with van der Waals surface area (Å²) >= 11 is 0. The quantitative estimate of drug-likeness (QED) is 0.0864. The molecule has 1 atom stereocenters. The Kier molecular flexibility index (Phi) is 19.3. The van der Waals surface area contributed by atoms with Crippen LogP contribution in [-0.2, 0) is 16.1 Å². The lowest BCUT2D eigenvalue weighted by Crippen LogP contribution is -2.38. The first-order chi connectivity index (χ1) is 22.7. The fourth-order valence-electron chi connectivity index (χ4n) is 6.60. The number of aliphatic hydroxyl groups excluding tert-OH is 1. The third kappa shape index (κ3) is 14.4. The predicted molar refractivity (Wildman–Crippen MR) is 193 cm³/mol. The Morgan fingerprint density at radius 1 is 0.870 bits per heavy atom. The van der Waals surface area contributed by atoms with Gasteiger partial charge in [0.25, 0.3) is 0 Å². The van der Waals surface area contributed by atoms with E-state index in [9.17, 15) is 4.79 Å². The Morgan fingerprint density at radius 2 is 1.63 bits per heavy atom. The van der Waals surface area contributed by atoms with Crippen LogP contribution in [0.3, 0.4) is 0 Å². The first kappa shape index (κ1) is 37.7. The number of hydrogen-bond donors (Lipinski definition) is 1. The zero-order valence-corrected chi connectivity index (χ0v) is 28.7. The summed E-state index contributed by atoms with van der Waals surface area (Å²) in [7, 11) is 0. The Labute approximate surface area is 280 Å². The highest BCUT2D eigenvalue weighted by atomic mass is 16.5. The highest BCUT2D eigenvalue weighted by Crippen LogP contribution is 2.36. The van der Waals surface area contributed by atoms with E-state index >= 15 is 0 Å². The Hall–Kier alpha value is -2.73. The molecule has 0 spiro atoms. The number of hydrogen-bond acceptors (Lipinski definition) is 4. The molecule has 5 heteroatoms. The molecule has 5 nitrogen and oxygen atoms in total. The molecule has 1 amide bonds. The number of nitrogens with zero attached hydrogens (tertiary/aromatic N) is 2. The van der Waals surface area contributed by atoms with Crippen molar-refractivity contribution in [2.24, 2.45) is 5.92 Å². The first-order valence-corrected chi connectivity index (χ1v) is 18.2. The van der Waals surface area contributed by atoms with E-state index in [1.165, 1.54) is 35.1 Å². The number of carbonyl (C=O) groups is 1. The smallest absolute Gasteiger partial charge is 0.229 e. The fourth-order valence-corrected chi connectivity index (χ4v) is 6.60. The van der Waals surface area contributed by atoms with E-state index in [-0.39, 0.29) is 12.5 Å². The van der Waals surface area contributed by atoms with Gasteiger partial charge in [-0.05, 0) is 125 Å². The molecule has 2 aliphatic heterocycles. The number of unbranched alkanes of at least 4 members (excludes halogenated alkanes) is 8. The van der Waals surface area contributed by atoms with Gasteiger partial charge in [-0.15, -0.1) is 13.2 Å². The second-order valence-corrected chi connectivity index (χ2v) is 13.0. The summed E-state index contributed by atoms with van der Waals surface area (Å²) in [6, 6.07) is 10.3. The summed E-state index contributed by atoms with van der Waals surface area (Å²) in [6.45, 7) is 13.5. The van der Waals surface area contributed by atoms with Gasteiger partial charge in [-0.2, -0.15) is 0 Å². The van der Waals surface area contributed by atoms with E-state index in [2.05, 4.69) is 65.6 Å². The number of benzene rings is 1. The van der Waals surface area contributed by atoms with Gasteiger partial charge in [0.1, 0.15) is 0 Å². The van der Waals surface area contributed by atoms with E-state index in [0.717, 1.165) is 123 Å². The van der Waals surface area contributed by atoms with Gasteiger partial charge in [-0.1, -0.05) is 61.1 Å². The molecule has 3 rings (SSSR count). The van der Waals surface area contributed by atoms with Crippen molar-refractivity contribution in [2.75, 3.05) is 39.4 Å². The standard InChI is InChI=1S/C41H62N2O3/c1-3-5-7-16-24-37-32-39(34-43(41(37)45)28-19-13-21-31-46-35-36-22-14-12-15-23-36)40-26-29-42(27-18-8-6-4-2)33-38(40)25-17-10-9-11-20-30-44/h3-4,10,12,14-15,17,22-23,34,37,44H,1-2,5-9,11,13,16,18-21,24-33,35H2/b17-10+/t37-/m1/s1. The van der Waals surface area contributed by atoms with E-state index in [4.69, 9.17) is 9.84 Å². The highest BCUT2D eigenvalue weighted by Gasteiger charge is 2.31. The van der Waals surface area contributed by atoms with Crippen molar-refractivity contribution in [1.82, 2.24) is 9.80 Å². The van der Waals surface area contributed by atoms with Gasteiger partial charge in [-0.25, -0.2) is 0 Å². The summed E-state index contributed by atoms with van der Waals surface area (Å²) in [5.41, 5.74) is 5.64. The second kappa shape index (κ2) is 23.6. The van der Waals surface area contributed by atoms with Crippen LogP contribution in [0.15, 0.2) is 90.7 Å². The second-order valence-electron chi connectivity index (χ2n) is 13.0. The van der Waals surface area contributed by atoms with Crippen molar-refractivity contribution < 1.29 is 14.6 Å². The van der Waals surface area contributed by atoms with Crippen LogP contribution in [0.1, 0.15) is 108 Å². The van der Waals surface area contributed by atoms with Crippen LogP contribution >= 0.6 is 0 Å². The van der Waals surface area contributed by atoms with Crippen molar-refractivity contribution in [3.8, 4) is 0 Å². The third-order valence-corrected chi connectivity index (χ3v) is 9.27. The minimum absolute atomic E-state index is 0.0683. The molecule has 0 unspecified atom stereocenters. The SMILES string of the molecule is C=CCCCC[C@@H]1CC(C2=C(C/C=C/CCCCO)CN(CCCCC=C)CC2)=CN(CCCCCOCc2ccccc2)C1=O. The van der Waals surface area contributed by atoms with Gasteiger partial charge < -0.3 is 14.7 Å². The topological polar surface area (TPSA) is 53.0 Å². The van der Waals surface area contributed by atoms with E-state index in [0.29, 0.717) is 12.5 Å². The van der Waals surface area contributed by atoms with E-state index in [1.54, 1.807) is 0 Å². The third-order valence-electron chi connectivity index (χ3n) is 9.27. The first-order valence-electron chi connectivity index (χ1n) is 18.2. The molecule has 0 saturated heterocycles. The van der Waals surface area contributed by atoms with Gasteiger partial charge in [0.15, 0.2) is 0 Å². The maximum Gasteiger partial charge on any atom is 0.229 e. The van der Waals surface area contributed by atoms with Crippen molar-refractivity contribution in [3.63, 3.8) is 0 Å². The summed E-state index contributed by atoms with van der Waals surface area (Å²) in [6.07, 6.45) is 27.4. The minimum atomic E-state index is 0.0683. The highest BCUT2D eigenvalue weighted by molar-refractivity contribution is 5.82. The van der Waals surface area contributed by atoms with Crippen molar-refractivity contribution in [2.45, 2.75) is 109 Å². The normalized spacial score (nSPS) is 17.6. The fraction of sp³-hybridized carbons (Fsp3) is 0.585. The molecule has 1 aromatic rings. The molecule has 1 N–H and O–H groups in total. The van der Waals surface area contributed by atoms with Crippen LogP contribution < -0.4 is 0 Å². The monoisotopic (exact) mass is 630 g/mol.